The molecule has 0 spiro atoms. The van der Waals surface area contributed by atoms with E-state index in [0.717, 1.165) is 37.8 Å². The summed E-state index contributed by atoms with van der Waals surface area (Å²) < 4.78 is 1.43. The van der Waals surface area contributed by atoms with Crippen molar-refractivity contribution in [2.45, 2.75) is 70.2 Å². The number of nitrogens with one attached hydrogen (secondary N) is 2. The summed E-state index contributed by atoms with van der Waals surface area (Å²) in [5.41, 5.74) is 12.9. The predicted molar refractivity (Wildman–Crippen MR) is 160 cm³/mol. The zero-order valence-electron chi connectivity index (χ0n) is 24.7. The van der Waals surface area contributed by atoms with E-state index in [1.165, 1.54) is 4.57 Å². The molecule has 42 heavy (non-hydrogen) atoms. The normalized spacial score (nSPS) is 20.6. The molecule has 1 aromatic heterocycles. The van der Waals surface area contributed by atoms with Crippen molar-refractivity contribution in [2.24, 2.45) is 11.5 Å². The molecule has 4 rings (SSSR count). The molecule has 13 nitrogen and oxygen atoms in total. The number of nitrogens with zero attached hydrogens (tertiary/aromatic N) is 5. The van der Waals surface area contributed by atoms with Crippen LogP contribution in [0.2, 0.25) is 0 Å². The summed E-state index contributed by atoms with van der Waals surface area (Å²) in [6.07, 6.45) is 5.95. The molecule has 2 atom stereocenters. The number of carbonyl (C=O) groups is 3. The Labute approximate surface area is 246 Å². The highest BCUT2D eigenvalue weighted by atomic mass is 16.2. The summed E-state index contributed by atoms with van der Waals surface area (Å²) in [7, 11) is 2.14. The maximum Gasteiger partial charge on any atom is 0.354 e. The molecule has 1 aromatic carbocycles. The van der Waals surface area contributed by atoms with E-state index in [1.807, 2.05) is 24.3 Å². The molecule has 2 aliphatic rings. The van der Waals surface area contributed by atoms with Crippen LogP contribution < -0.4 is 27.8 Å². The SMILES string of the molecule is C[C@@H](N)C(=O)N[C@H](C)C(=O)N1CCN(C(=O)Nc2ccn(-c3ccc(CN(C)[C@H]4CC[C@H](N)CC4)cc3)c(=O)n2)CC1. The lowest BCUT2D eigenvalue weighted by Gasteiger charge is -2.36. The van der Waals surface area contributed by atoms with Gasteiger partial charge in [0, 0.05) is 51.0 Å². The van der Waals surface area contributed by atoms with Crippen LogP contribution in [0.5, 0.6) is 0 Å². The lowest BCUT2D eigenvalue weighted by Crippen LogP contribution is -2.56. The number of hydrogen-bond acceptors (Lipinski definition) is 8. The molecule has 1 aliphatic heterocycles. The Kier molecular flexibility index (Phi) is 10.3. The highest BCUT2D eigenvalue weighted by Gasteiger charge is 2.28. The standard InChI is InChI=1S/C29H43N9O4/c1-19(30)26(39)32-20(2)27(40)36-14-16-37(17-15-36)28(41)33-25-12-13-38(29(42)34-25)24-8-4-21(5-9-24)18-35(3)23-10-6-22(31)7-11-23/h4-5,8-9,12-13,19-20,22-23H,6-7,10-11,14-18,30-31H2,1-3H3,(H,32,39)(H,33,34,41,42)/t19-,20-,22-,23-/m1/s1. The molecule has 0 bridgehead atoms. The number of piperazine rings is 1. The van der Waals surface area contributed by atoms with Crippen molar-refractivity contribution >= 4 is 23.7 Å². The van der Waals surface area contributed by atoms with Gasteiger partial charge >= 0.3 is 11.7 Å². The van der Waals surface area contributed by atoms with Crippen molar-refractivity contribution in [3.63, 3.8) is 0 Å². The van der Waals surface area contributed by atoms with E-state index in [1.54, 1.807) is 35.9 Å². The van der Waals surface area contributed by atoms with Gasteiger partial charge in [-0.15, -0.1) is 0 Å². The zero-order valence-corrected chi connectivity index (χ0v) is 24.7. The van der Waals surface area contributed by atoms with E-state index >= 15 is 0 Å². The predicted octanol–water partition coefficient (Wildman–Crippen LogP) is 0.462. The molecule has 2 heterocycles. The van der Waals surface area contributed by atoms with Crippen LogP contribution in [-0.2, 0) is 16.1 Å². The summed E-state index contributed by atoms with van der Waals surface area (Å²) in [5.74, 6) is -0.481. The van der Waals surface area contributed by atoms with Gasteiger partial charge in [0.25, 0.3) is 0 Å². The van der Waals surface area contributed by atoms with Crippen LogP contribution in [0.3, 0.4) is 0 Å². The minimum absolute atomic E-state index is 0.150. The van der Waals surface area contributed by atoms with E-state index < -0.39 is 29.7 Å². The first kappa shape index (κ1) is 31.1. The Morgan fingerprint density at radius 2 is 1.62 bits per heavy atom. The number of amides is 4. The third kappa shape index (κ3) is 7.93. The second-order valence-electron chi connectivity index (χ2n) is 11.4. The molecule has 1 saturated heterocycles. The summed E-state index contributed by atoms with van der Waals surface area (Å²) in [6.45, 7) is 5.23. The van der Waals surface area contributed by atoms with E-state index in [-0.39, 0.29) is 11.7 Å². The second kappa shape index (κ2) is 13.9. The first-order chi connectivity index (χ1) is 20.0. The van der Waals surface area contributed by atoms with E-state index in [9.17, 15) is 19.2 Å². The van der Waals surface area contributed by atoms with Gasteiger partial charge in [-0.25, -0.2) is 9.59 Å². The molecular weight excluding hydrogens is 538 g/mol. The lowest BCUT2D eigenvalue weighted by molar-refractivity contribution is -0.137. The third-order valence-electron chi connectivity index (χ3n) is 8.07. The van der Waals surface area contributed by atoms with Crippen LogP contribution in [-0.4, -0.2) is 99.5 Å². The second-order valence-corrected chi connectivity index (χ2v) is 11.4. The number of rotatable bonds is 8. The number of nitrogens with two attached hydrogens (primary N) is 2. The van der Waals surface area contributed by atoms with E-state index in [2.05, 4.69) is 27.6 Å². The molecule has 13 heteroatoms. The molecule has 228 valence electrons. The first-order valence-electron chi connectivity index (χ1n) is 14.6. The molecule has 6 N–H and O–H groups in total. The van der Waals surface area contributed by atoms with Crippen molar-refractivity contribution < 1.29 is 14.4 Å². The monoisotopic (exact) mass is 581 g/mol. The maximum atomic E-state index is 12.8. The first-order valence-corrected chi connectivity index (χ1v) is 14.6. The zero-order chi connectivity index (χ0) is 30.4. The van der Waals surface area contributed by atoms with Crippen molar-refractivity contribution in [3.05, 3.63) is 52.6 Å². The Morgan fingerprint density at radius 3 is 2.21 bits per heavy atom. The van der Waals surface area contributed by atoms with Gasteiger partial charge in [-0.05, 0) is 70.3 Å². The van der Waals surface area contributed by atoms with Gasteiger partial charge in [-0.2, -0.15) is 4.98 Å². The fourth-order valence-corrected chi connectivity index (χ4v) is 5.39. The number of carbonyl (C=O) groups excluding carboxylic acids is 3. The van der Waals surface area contributed by atoms with Gasteiger partial charge in [-0.1, -0.05) is 12.1 Å². The largest absolute Gasteiger partial charge is 0.354 e. The minimum atomic E-state index is -0.710. The number of hydrogen-bond donors (Lipinski definition) is 4. The van der Waals surface area contributed by atoms with Crippen LogP contribution in [0.15, 0.2) is 41.3 Å². The quantitative estimate of drug-likeness (QED) is 0.348. The topological polar surface area (TPSA) is 172 Å². The highest BCUT2D eigenvalue weighted by molar-refractivity contribution is 5.90. The Bertz CT molecular complexity index is 1300. The molecule has 0 radical (unpaired) electrons. The fraction of sp³-hybridized carbons (Fsp3) is 0.552. The van der Waals surface area contributed by atoms with Gasteiger partial charge in [-0.3, -0.25) is 24.4 Å². The number of aromatic nitrogens is 2. The Morgan fingerprint density at radius 1 is 1.00 bits per heavy atom. The lowest BCUT2D eigenvalue weighted by atomic mass is 9.91. The Balaban J connectivity index is 1.27. The van der Waals surface area contributed by atoms with Gasteiger partial charge in [0.15, 0.2) is 0 Å². The van der Waals surface area contributed by atoms with Gasteiger partial charge < -0.3 is 26.6 Å². The Hall–Kier alpha value is -3.81. The van der Waals surface area contributed by atoms with Crippen LogP contribution in [0.1, 0.15) is 45.1 Å². The molecule has 4 amide bonds. The summed E-state index contributed by atoms with van der Waals surface area (Å²) >= 11 is 0. The smallest absolute Gasteiger partial charge is 0.343 e. The van der Waals surface area contributed by atoms with Crippen LogP contribution in [0, 0.1) is 0 Å². The summed E-state index contributed by atoms with van der Waals surface area (Å²) in [6, 6.07) is 8.44. The molecule has 1 saturated carbocycles. The summed E-state index contributed by atoms with van der Waals surface area (Å²) in [5, 5.41) is 5.27. The van der Waals surface area contributed by atoms with Gasteiger partial charge in [0.05, 0.1) is 11.7 Å². The molecule has 0 unspecified atom stereocenters. The highest BCUT2D eigenvalue weighted by Crippen LogP contribution is 2.22. The number of anilines is 1. The van der Waals surface area contributed by atoms with Gasteiger partial charge in [0.1, 0.15) is 11.9 Å². The van der Waals surface area contributed by atoms with Crippen molar-refractivity contribution in [3.8, 4) is 5.69 Å². The summed E-state index contributed by atoms with van der Waals surface area (Å²) in [4.78, 5) is 59.6. The average Bonchev–Trinajstić information content (AvgIpc) is 2.97. The van der Waals surface area contributed by atoms with Crippen LogP contribution in [0.4, 0.5) is 10.6 Å². The molecule has 2 fully saturated rings. The average molecular weight is 582 g/mol. The fourth-order valence-electron chi connectivity index (χ4n) is 5.39. The molecule has 1 aliphatic carbocycles. The van der Waals surface area contributed by atoms with E-state index in [0.29, 0.717) is 44.0 Å². The number of urea groups is 1. The van der Waals surface area contributed by atoms with Crippen LogP contribution in [0.25, 0.3) is 5.69 Å². The number of benzene rings is 1. The van der Waals surface area contributed by atoms with E-state index in [4.69, 9.17) is 11.5 Å². The molecular formula is C29H43N9O4. The van der Waals surface area contributed by atoms with Crippen molar-refractivity contribution in [1.82, 2.24) is 29.6 Å². The van der Waals surface area contributed by atoms with Crippen LogP contribution >= 0.6 is 0 Å². The molecule has 2 aromatic rings. The minimum Gasteiger partial charge on any atom is -0.343 e. The van der Waals surface area contributed by atoms with Gasteiger partial charge in [0.2, 0.25) is 11.8 Å². The van der Waals surface area contributed by atoms with Crippen molar-refractivity contribution in [2.75, 3.05) is 38.5 Å². The van der Waals surface area contributed by atoms with Crippen molar-refractivity contribution in [1.29, 1.82) is 0 Å². The third-order valence-corrected chi connectivity index (χ3v) is 8.07. The maximum absolute atomic E-state index is 12.8.